The van der Waals surface area contributed by atoms with Crippen LogP contribution in [0, 0.1) is 0 Å². The summed E-state index contributed by atoms with van der Waals surface area (Å²) in [6.45, 7) is 0. The van der Waals surface area contributed by atoms with E-state index in [0.717, 1.165) is 0 Å². The highest BCUT2D eigenvalue weighted by molar-refractivity contribution is 8.85. The smallest absolute Gasteiger partial charge is 0.150 e. The number of amidine groups is 1. The summed E-state index contributed by atoms with van der Waals surface area (Å²) in [7, 11) is -0.485. The van der Waals surface area contributed by atoms with Crippen LogP contribution in [0.25, 0.3) is 0 Å². The molecule has 0 saturated carbocycles. The van der Waals surface area contributed by atoms with E-state index in [-0.39, 0.29) is 0 Å². The molecule has 0 bridgehead atoms. The van der Waals surface area contributed by atoms with Gasteiger partial charge in [-0.25, -0.2) is 4.99 Å². The first-order chi connectivity index (χ1) is 3.30. The molecule has 1 atom stereocenters. The van der Waals surface area contributed by atoms with Crippen molar-refractivity contribution in [2.24, 2.45) is 10.7 Å². The van der Waals surface area contributed by atoms with Crippen LogP contribution in [-0.4, -0.2) is 5.17 Å². The van der Waals surface area contributed by atoms with Crippen molar-refractivity contribution in [3.05, 3.63) is 11.6 Å². The molecule has 0 aliphatic carbocycles. The van der Waals surface area contributed by atoms with Gasteiger partial charge in [-0.2, -0.15) is 0 Å². The van der Waals surface area contributed by atoms with E-state index < -0.39 is 9.93 Å². The van der Waals surface area contributed by atoms with Crippen molar-refractivity contribution in [3.8, 4) is 0 Å². The molecule has 40 valence electrons. The molecule has 2 N–H and O–H groups in total. The van der Waals surface area contributed by atoms with Crippen LogP contribution in [0.15, 0.2) is 16.6 Å². The standard InChI is InChI=1S/C3H6N2S2/c4-3-5-1-2-7(3)6/h1-2,6-7H,(H2,4,5). The molecule has 0 radical (unpaired) electrons. The summed E-state index contributed by atoms with van der Waals surface area (Å²) in [5.41, 5.74) is 5.32. The Balaban J connectivity index is 2.69. The molecule has 1 heterocycles. The summed E-state index contributed by atoms with van der Waals surface area (Å²) >= 11 is 4.11. The van der Waals surface area contributed by atoms with Crippen molar-refractivity contribution in [2.45, 2.75) is 0 Å². The molecule has 0 aromatic rings. The molecule has 4 heteroatoms. The lowest BCUT2D eigenvalue weighted by Gasteiger charge is -1.98. The fourth-order valence-corrected chi connectivity index (χ4v) is 1.17. The number of aliphatic imine (C=N–C) groups is 1. The van der Waals surface area contributed by atoms with Gasteiger partial charge in [-0.05, 0) is 5.41 Å². The maximum atomic E-state index is 5.32. The van der Waals surface area contributed by atoms with Crippen LogP contribution in [0.5, 0.6) is 0 Å². The zero-order valence-corrected chi connectivity index (χ0v) is 5.36. The van der Waals surface area contributed by atoms with Crippen molar-refractivity contribution in [1.29, 1.82) is 0 Å². The first kappa shape index (κ1) is 5.05. The van der Waals surface area contributed by atoms with E-state index in [0.29, 0.717) is 5.17 Å². The highest BCUT2D eigenvalue weighted by Gasteiger charge is 2.00. The average Bonchev–Trinajstić information content (AvgIpc) is 1.91. The SMILES string of the molecule is NC1=NC=C[SH]1S. The second kappa shape index (κ2) is 1.79. The quantitative estimate of drug-likeness (QED) is 0.330. The molecule has 2 nitrogen and oxygen atoms in total. The van der Waals surface area contributed by atoms with Gasteiger partial charge in [0.25, 0.3) is 0 Å². The zero-order chi connectivity index (χ0) is 5.28. The number of hydrogen-bond donors (Lipinski definition) is 3. The maximum absolute atomic E-state index is 5.32. The molecule has 1 unspecified atom stereocenters. The number of hydrogen-bond acceptors (Lipinski definition) is 3. The monoisotopic (exact) mass is 134 g/mol. The van der Waals surface area contributed by atoms with Gasteiger partial charge < -0.3 is 5.73 Å². The Morgan fingerprint density at radius 2 is 2.57 bits per heavy atom. The van der Waals surface area contributed by atoms with E-state index in [9.17, 15) is 0 Å². The van der Waals surface area contributed by atoms with Gasteiger partial charge in [0.1, 0.15) is 0 Å². The molecule has 0 amide bonds. The lowest BCUT2D eigenvalue weighted by atomic mass is 11.0. The minimum atomic E-state index is -0.485. The van der Waals surface area contributed by atoms with Crippen LogP contribution in [-0.2, 0) is 0 Å². The molecular weight excluding hydrogens is 128 g/mol. The molecule has 7 heavy (non-hydrogen) atoms. The van der Waals surface area contributed by atoms with Gasteiger partial charge in [0.15, 0.2) is 5.17 Å². The Kier molecular flexibility index (Phi) is 1.30. The summed E-state index contributed by atoms with van der Waals surface area (Å²) in [5.74, 6) is 0. The van der Waals surface area contributed by atoms with E-state index in [2.05, 4.69) is 16.7 Å². The fraction of sp³-hybridized carbons (Fsp3) is 0. The minimum absolute atomic E-state index is 0.485. The summed E-state index contributed by atoms with van der Waals surface area (Å²) in [4.78, 5) is 3.78. The van der Waals surface area contributed by atoms with Gasteiger partial charge in [-0.1, -0.05) is 0 Å². The molecule has 0 aromatic heterocycles. The van der Waals surface area contributed by atoms with Gasteiger partial charge in [0, 0.05) is 6.20 Å². The Morgan fingerprint density at radius 3 is 2.71 bits per heavy atom. The highest BCUT2D eigenvalue weighted by Crippen LogP contribution is 2.34. The predicted octanol–water partition coefficient (Wildman–Crippen LogP) is 0.632. The number of rotatable bonds is 0. The van der Waals surface area contributed by atoms with Crippen molar-refractivity contribution in [2.75, 3.05) is 0 Å². The third-order valence-corrected chi connectivity index (χ3v) is 2.66. The van der Waals surface area contributed by atoms with Crippen LogP contribution in [0.3, 0.4) is 0 Å². The van der Waals surface area contributed by atoms with Crippen LogP contribution in [0.2, 0.25) is 0 Å². The zero-order valence-electron chi connectivity index (χ0n) is 3.57. The van der Waals surface area contributed by atoms with Gasteiger partial charge in [-0.3, -0.25) is 0 Å². The van der Waals surface area contributed by atoms with Crippen molar-refractivity contribution in [3.63, 3.8) is 0 Å². The third-order valence-electron chi connectivity index (χ3n) is 0.649. The van der Waals surface area contributed by atoms with Crippen LogP contribution >= 0.6 is 21.6 Å². The summed E-state index contributed by atoms with van der Waals surface area (Å²) < 4.78 is 0. The number of nitrogens with zero attached hydrogens (tertiary/aromatic N) is 1. The largest absolute Gasteiger partial charge is 0.379 e. The summed E-state index contributed by atoms with van der Waals surface area (Å²) in [6, 6.07) is 0. The lowest BCUT2D eigenvalue weighted by molar-refractivity contribution is 1.58. The molecule has 0 fully saturated rings. The van der Waals surface area contributed by atoms with Gasteiger partial charge in [0.05, 0.1) is 0 Å². The third kappa shape index (κ3) is 0.920. The fourth-order valence-electron chi connectivity index (χ4n) is 0.308. The van der Waals surface area contributed by atoms with E-state index in [1.54, 1.807) is 6.20 Å². The Labute approximate surface area is 49.7 Å². The minimum Gasteiger partial charge on any atom is -0.379 e. The normalized spacial score (nSPS) is 33.3. The molecule has 1 rings (SSSR count). The van der Waals surface area contributed by atoms with Crippen molar-refractivity contribution in [1.82, 2.24) is 0 Å². The topological polar surface area (TPSA) is 38.4 Å². The Morgan fingerprint density at radius 1 is 1.86 bits per heavy atom. The maximum Gasteiger partial charge on any atom is 0.150 e. The number of nitrogens with two attached hydrogens (primary N) is 1. The van der Waals surface area contributed by atoms with E-state index in [1.165, 1.54) is 0 Å². The summed E-state index contributed by atoms with van der Waals surface area (Å²) in [5, 5.41) is 2.55. The molecule has 0 aromatic carbocycles. The van der Waals surface area contributed by atoms with Gasteiger partial charge >= 0.3 is 0 Å². The van der Waals surface area contributed by atoms with Crippen LogP contribution < -0.4 is 5.73 Å². The van der Waals surface area contributed by atoms with Crippen LogP contribution in [0.4, 0.5) is 0 Å². The van der Waals surface area contributed by atoms with Gasteiger partial charge in [0.2, 0.25) is 0 Å². The molecule has 0 spiro atoms. The number of thiol groups is 2. The van der Waals surface area contributed by atoms with Gasteiger partial charge in [-0.15, -0.1) is 21.6 Å². The van der Waals surface area contributed by atoms with E-state index in [4.69, 9.17) is 5.73 Å². The first-order valence-corrected chi connectivity index (χ1v) is 4.35. The van der Waals surface area contributed by atoms with E-state index in [1.807, 2.05) is 5.41 Å². The summed E-state index contributed by atoms with van der Waals surface area (Å²) in [6.07, 6.45) is 1.69. The molecule has 1 aliphatic rings. The van der Waals surface area contributed by atoms with Crippen molar-refractivity contribution < 1.29 is 0 Å². The highest BCUT2D eigenvalue weighted by atomic mass is 33.1. The van der Waals surface area contributed by atoms with Crippen LogP contribution in [0.1, 0.15) is 0 Å². The second-order valence-corrected chi connectivity index (χ2v) is 3.87. The second-order valence-electron chi connectivity index (χ2n) is 1.13. The molecular formula is C3H6N2S2. The predicted molar refractivity (Wildman–Crippen MR) is 38.7 cm³/mol. The Hall–Kier alpha value is -0.0900. The first-order valence-electron chi connectivity index (χ1n) is 1.79. The average molecular weight is 134 g/mol. The Bertz CT molecular complexity index is 129. The molecule has 1 aliphatic heterocycles. The van der Waals surface area contributed by atoms with E-state index >= 15 is 0 Å². The lowest BCUT2D eigenvalue weighted by Crippen LogP contribution is -2.04. The van der Waals surface area contributed by atoms with Crippen molar-refractivity contribution >= 4 is 26.8 Å². The molecule has 0 saturated heterocycles.